The van der Waals surface area contributed by atoms with E-state index in [1.165, 1.54) is 7.11 Å². The molecule has 1 N–H and O–H groups in total. The molecule has 0 aliphatic carbocycles. The van der Waals surface area contributed by atoms with Crippen LogP contribution in [0.5, 0.6) is 5.75 Å². The zero-order valence-electron chi connectivity index (χ0n) is 11.9. The number of amides is 1. The number of rotatable bonds is 5. The second-order valence-electron chi connectivity index (χ2n) is 4.46. The van der Waals surface area contributed by atoms with E-state index in [0.717, 1.165) is 18.2 Å². The third-order valence-electron chi connectivity index (χ3n) is 3.01. The van der Waals surface area contributed by atoms with Gasteiger partial charge in [-0.3, -0.25) is 14.9 Å². The number of aromatic carboxylic acids is 1. The van der Waals surface area contributed by atoms with E-state index in [4.69, 9.17) is 4.74 Å². The quantitative estimate of drug-likeness (QED) is 0.654. The first kappa shape index (κ1) is 16.0. The summed E-state index contributed by atoms with van der Waals surface area (Å²) in [5.74, 6) is -1.90. The molecule has 23 heavy (non-hydrogen) atoms. The first-order chi connectivity index (χ1) is 10.9. The number of nitro benzene ring substituents is 1. The molecule has 0 saturated heterocycles. The van der Waals surface area contributed by atoms with Crippen molar-refractivity contribution in [2.45, 2.75) is 0 Å². The average Bonchev–Trinajstić information content (AvgIpc) is 2.54. The number of nitro groups is 1. The summed E-state index contributed by atoms with van der Waals surface area (Å²) in [7, 11) is 1.46. The zero-order valence-corrected chi connectivity index (χ0v) is 11.9. The summed E-state index contributed by atoms with van der Waals surface area (Å²) in [5, 5.41) is 24.3. The number of carboxylic acids is 1. The highest BCUT2D eigenvalue weighted by Gasteiger charge is 2.17. The maximum atomic E-state index is 12.2. The summed E-state index contributed by atoms with van der Waals surface area (Å²) in [6.07, 6.45) is 0. The maximum absolute atomic E-state index is 12.2. The van der Waals surface area contributed by atoms with Crippen LogP contribution in [0.2, 0.25) is 0 Å². The van der Waals surface area contributed by atoms with Crippen molar-refractivity contribution < 1.29 is 24.4 Å². The van der Waals surface area contributed by atoms with Crippen LogP contribution in [0.1, 0.15) is 20.7 Å². The SMILES string of the molecule is COc1cccc(NC(=O)c2ccc([N+](=O)[O-])cc2C(=O)[O-])c1. The summed E-state index contributed by atoms with van der Waals surface area (Å²) in [4.78, 5) is 33.3. The van der Waals surface area contributed by atoms with Gasteiger partial charge < -0.3 is 20.0 Å². The molecule has 2 aromatic carbocycles. The largest absolute Gasteiger partial charge is 0.545 e. The Labute approximate surface area is 130 Å². The lowest BCUT2D eigenvalue weighted by Gasteiger charge is -2.11. The number of nitrogens with one attached hydrogen (secondary N) is 1. The topological polar surface area (TPSA) is 122 Å². The molecule has 2 aromatic rings. The Kier molecular flexibility index (Phi) is 4.55. The minimum absolute atomic E-state index is 0.238. The van der Waals surface area contributed by atoms with Gasteiger partial charge in [-0.2, -0.15) is 0 Å². The van der Waals surface area contributed by atoms with Crippen LogP contribution in [0.15, 0.2) is 42.5 Å². The molecule has 0 aromatic heterocycles. The third kappa shape index (κ3) is 3.62. The Bertz CT molecular complexity index is 787. The molecule has 0 unspecified atom stereocenters. The van der Waals surface area contributed by atoms with Gasteiger partial charge in [0, 0.05) is 35.0 Å². The van der Waals surface area contributed by atoms with E-state index in [1.54, 1.807) is 24.3 Å². The van der Waals surface area contributed by atoms with Gasteiger partial charge in [0.05, 0.1) is 18.0 Å². The first-order valence-electron chi connectivity index (χ1n) is 6.37. The Hall–Kier alpha value is -3.42. The van der Waals surface area contributed by atoms with Gasteiger partial charge >= 0.3 is 0 Å². The molecule has 0 aliphatic rings. The van der Waals surface area contributed by atoms with Crippen molar-refractivity contribution in [3.8, 4) is 5.75 Å². The monoisotopic (exact) mass is 315 g/mol. The summed E-state index contributed by atoms with van der Waals surface area (Å²) >= 11 is 0. The van der Waals surface area contributed by atoms with Crippen molar-refractivity contribution in [2.24, 2.45) is 0 Å². The number of anilines is 1. The second-order valence-corrected chi connectivity index (χ2v) is 4.46. The van der Waals surface area contributed by atoms with Gasteiger partial charge in [-0.05, 0) is 18.2 Å². The normalized spacial score (nSPS) is 9.96. The predicted octanol–water partition coefficient (Wildman–Crippen LogP) is 1.22. The van der Waals surface area contributed by atoms with Gasteiger partial charge in [-0.15, -0.1) is 0 Å². The Morgan fingerprint density at radius 1 is 1.13 bits per heavy atom. The van der Waals surface area contributed by atoms with Crippen LogP contribution in [0.3, 0.4) is 0 Å². The van der Waals surface area contributed by atoms with Crippen molar-refractivity contribution in [1.82, 2.24) is 0 Å². The molecular formula is C15H11N2O6-. The molecule has 0 bridgehead atoms. The van der Waals surface area contributed by atoms with Gasteiger partial charge in [0.25, 0.3) is 11.6 Å². The number of carboxylic acid groups (broad SMARTS) is 1. The highest BCUT2D eigenvalue weighted by atomic mass is 16.6. The minimum atomic E-state index is -1.68. The Morgan fingerprint density at radius 2 is 1.87 bits per heavy atom. The summed E-state index contributed by atoms with van der Waals surface area (Å²) in [6.45, 7) is 0. The number of hydrogen-bond acceptors (Lipinski definition) is 6. The van der Waals surface area contributed by atoms with Crippen LogP contribution in [0, 0.1) is 10.1 Å². The lowest BCUT2D eigenvalue weighted by Crippen LogP contribution is -2.26. The first-order valence-corrected chi connectivity index (χ1v) is 6.37. The molecule has 0 saturated carbocycles. The van der Waals surface area contributed by atoms with E-state index >= 15 is 0 Å². The highest BCUT2D eigenvalue weighted by molar-refractivity contribution is 6.10. The number of carbonyl (C=O) groups is 2. The van der Waals surface area contributed by atoms with Gasteiger partial charge in [0.2, 0.25) is 0 Å². The number of methoxy groups -OCH3 is 1. The van der Waals surface area contributed by atoms with Crippen molar-refractivity contribution in [2.75, 3.05) is 12.4 Å². The molecule has 8 nitrogen and oxygen atoms in total. The van der Waals surface area contributed by atoms with Crippen LogP contribution in [-0.2, 0) is 0 Å². The summed E-state index contributed by atoms with van der Waals surface area (Å²) in [5.41, 5.74) is -0.850. The number of hydrogen-bond donors (Lipinski definition) is 1. The zero-order chi connectivity index (χ0) is 17.0. The summed E-state index contributed by atoms with van der Waals surface area (Å²) < 4.78 is 5.02. The molecule has 118 valence electrons. The van der Waals surface area contributed by atoms with Crippen LogP contribution in [-0.4, -0.2) is 23.9 Å². The fourth-order valence-corrected chi connectivity index (χ4v) is 1.91. The molecule has 0 fully saturated rings. The molecule has 0 radical (unpaired) electrons. The molecule has 1 amide bonds. The molecule has 2 rings (SSSR count). The minimum Gasteiger partial charge on any atom is -0.545 e. The second kappa shape index (κ2) is 6.56. The fraction of sp³-hybridized carbons (Fsp3) is 0.0667. The van der Waals surface area contributed by atoms with Gasteiger partial charge in [0.15, 0.2) is 0 Å². The number of carbonyl (C=O) groups excluding carboxylic acids is 2. The molecule has 8 heteroatoms. The third-order valence-corrected chi connectivity index (χ3v) is 3.01. The fourth-order valence-electron chi connectivity index (χ4n) is 1.91. The van der Waals surface area contributed by atoms with Gasteiger partial charge in [-0.1, -0.05) is 6.07 Å². The average molecular weight is 315 g/mol. The predicted molar refractivity (Wildman–Crippen MR) is 78.4 cm³/mol. The number of ether oxygens (including phenoxy) is 1. The molecular weight excluding hydrogens is 304 g/mol. The van der Waals surface area contributed by atoms with E-state index in [-0.39, 0.29) is 5.56 Å². The molecule has 0 atom stereocenters. The standard InChI is InChI=1S/C15H12N2O6/c1-23-11-4-2-3-9(7-11)16-14(18)12-6-5-10(17(21)22)8-13(12)15(19)20/h2-8H,1H3,(H,16,18)(H,19,20)/p-1. The van der Waals surface area contributed by atoms with Gasteiger partial charge in [-0.25, -0.2) is 0 Å². The van der Waals surface area contributed by atoms with Crippen LogP contribution in [0.25, 0.3) is 0 Å². The van der Waals surface area contributed by atoms with E-state index in [2.05, 4.69) is 5.32 Å². The van der Waals surface area contributed by atoms with Crippen LogP contribution < -0.4 is 15.2 Å². The number of nitrogens with zero attached hydrogens (tertiary/aromatic N) is 1. The van der Waals surface area contributed by atoms with Crippen LogP contribution >= 0.6 is 0 Å². The molecule has 0 aliphatic heterocycles. The molecule has 0 heterocycles. The van der Waals surface area contributed by atoms with Crippen molar-refractivity contribution in [3.63, 3.8) is 0 Å². The van der Waals surface area contributed by atoms with E-state index in [0.29, 0.717) is 11.4 Å². The number of non-ortho nitro benzene ring substituents is 1. The lowest BCUT2D eigenvalue weighted by molar-refractivity contribution is -0.385. The lowest BCUT2D eigenvalue weighted by atomic mass is 10.1. The van der Waals surface area contributed by atoms with Gasteiger partial charge in [0.1, 0.15) is 5.75 Å². The Morgan fingerprint density at radius 3 is 2.48 bits per heavy atom. The van der Waals surface area contributed by atoms with Crippen LogP contribution in [0.4, 0.5) is 11.4 Å². The van der Waals surface area contributed by atoms with Crippen molar-refractivity contribution in [3.05, 3.63) is 63.7 Å². The van der Waals surface area contributed by atoms with E-state index in [9.17, 15) is 24.8 Å². The van der Waals surface area contributed by atoms with Crippen molar-refractivity contribution in [1.29, 1.82) is 0 Å². The van der Waals surface area contributed by atoms with Crippen molar-refractivity contribution >= 4 is 23.3 Å². The highest BCUT2D eigenvalue weighted by Crippen LogP contribution is 2.21. The molecule has 0 spiro atoms. The number of benzene rings is 2. The maximum Gasteiger partial charge on any atom is 0.270 e. The van der Waals surface area contributed by atoms with E-state index in [1.807, 2.05) is 0 Å². The Balaban J connectivity index is 2.34. The van der Waals surface area contributed by atoms with E-state index < -0.39 is 28.1 Å². The smallest absolute Gasteiger partial charge is 0.270 e. The summed E-state index contributed by atoms with van der Waals surface area (Å²) in [6, 6.07) is 9.35.